The maximum Gasteiger partial charge on any atom is 0.215 e. The largest absolute Gasteiger partial charge is 0.481 e. The summed E-state index contributed by atoms with van der Waals surface area (Å²) in [5, 5.41) is 0. The summed E-state index contributed by atoms with van der Waals surface area (Å²) in [7, 11) is 3.52. The molecule has 2 aromatic rings. The van der Waals surface area contributed by atoms with Gasteiger partial charge >= 0.3 is 0 Å². The maximum absolute atomic E-state index is 5.93. The molecule has 5 heteroatoms. The molecular formula is C13H17N3O2. The molecule has 0 atom stereocenters. The van der Waals surface area contributed by atoms with Crippen molar-refractivity contribution in [3.63, 3.8) is 0 Å². The van der Waals surface area contributed by atoms with Crippen molar-refractivity contribution in [3.8, 4) is 5.88 Å². The van der Waals surface area contributed by atoms with Crippen LogP contribution in [0.4, 0.5) is 11.5 Å². The number of hydrogen-bond donors (Lipinski definition) is 1. The number of rotatable bonds is 4. The summed E-state index contributed by atoms with van der Waals surface area (Å²) >= 11 is 0. The van der Waals surface area contributed by atoms with Gasteiger partial charge in [0.1, 0.15) is 5.76 Å². The smallest absolute Gasteiger partial charge is 0.215 e. The molecule has 0 amide bonds. The first-order valence-corrected chi connectivity index (χ1v) is 5.66. The Labute approximate surface area is 106 Å². The lowest BCUT2D eigenvalue weighted by molar-refractivity contribution is 0.398. The Morgan fingerprint density at radius 2 is 2.17 bits per heavy atom. The van der Waals surface area contributed by atoms with E-state index in [1.54, 1.807) is 25.5 Å². The van der Waals surface area contributed by atoms with Crippen molar-refractivity contribution in [1.29, 1.82) is 0 Å². The average Bonchev–Trinajstić information content (AvgIpc) is 2.75. The van der Waals surface area contributed by atoms with E-state index in [4.69, 9.17) is 14.9 Å². The second-order valence-electron chi connectivity index (χ2n) is 4.12. The van der Waals surface area contributed by atoms with E-state index in [1.807, 2.05) is 24.9 Å². The predicted molar refractivity (Wildman–Crippen MR) is 70.8 cm³/mol. The van der Waals surface area contributed by atoms with Crippen LogP contribution in [0.5, 0.6) is 5.88 Å². The van der Waals surface area contributed by atoms with E-state index in [-0.39, 0.29) is 0 Å². The Kier molecular flexibility index (Phi) is 3.41. The van der Waals surface area contributed by atoms with Crippen LogP contribution in [-0.4, -0.2) is 19.1 Å². The molecule has 0 aliphatic rings. The van der Waals surface area contributed by atoms with Crippen LogP contribution >= 0.6 is 0 Å². The van der Waals surface area contributed by atoms with Gasteiger partial charge in [0.15, 0.2) is 5.82 Å². The third-order valence-electron chi connectivity index (χ3n) is 2.82. The molecule has 0 radical (unpaired) electrons. The lowest BCUT2D eigenvalue weighted by Crippen LogP contribution is -2.19. The molecule has 2 N–H and O–H groups in total. The molecule has 0 unspecified atom stereocenters. The van der Waals surface area contributed by atoms with Gasteiger partial charge in [0.2, 0.25) is 5.88 Å². The molecule has 2 rings (SSSR count). The minimum Gasteiger partial charge on any atom is -0.481 e. The van der Waals surface area contributed by atoms with Gasteiger partial charge in [0.25, 0.3) is 0 Å². The van der Waals surface area contributed by atoms with Gasteiger partial charge in [-0.15, -0.1) is 0 Å². The maximum atomic E-state index is 5.93. The molecule has 0 saturated carbocycles. The van der Waals surface area contributed by atoms with Crippen LogP contribution in [0.1, 0.15) is 11.3 Å². The number of hydrogen-bond acceptors (Lipinski definition) is 5. The summed E-state index contributed by atoms with van der Waals surface area (Å²) in [5.74, 6) is 2.16. The number of nitrogen functional groups attached to an aromatic ring is 1. The normalized spacial score (nSPS) is 10.4. The molecule has 18 heavy (non-hydrogen) atoms. The first kappa shape index (κ1) is 12.3. The fourth-order valence-corrected chi connectivity index (χ4v) is 1.77. The Morgan fingerprint density at radius 1 is 1.39 bits per heavy atom. The van der Waals surface area contributed by atoms with Crippen molar-refractivity contribution in [3.05, 3.63) is 35.8 Å². The van der Waals surface area contributed by atoms with Crippen molar-refractivity contribution < 1.29 is 9.15 Å². The summed E-state index contributed by atoms with van der Waals surface area (Å²) in [6.07, 6.45) is 1.68. The molecule has 0 aromatic carbocycles. The summed E-state index contributed by atoms with van der Waals surface area (Å²) in [4.78, 5) is 6.32. The van der Waals surface area contributed by atoms with Crippen LogP contribution in [0.15, 0.2) is 28.9 Å². The quantitative estimate of drug-likeness (QED) is 0.897. The third-order valence-corrected chi connectivity index (χ3v) is 2.82. The number of pyridine rings is 1. The highest BCUT2D eigenvalue weighted by molar-refractivity contribution is 5.63. The molecular weight excluding hydrogens is 230 g/mol. The number of nitrogens with zero attached hydrogens (tertiary/aromatic N) is 2. The van der Waals surface area contributed by atoms with E-state index in [2.05, 4.69) is 4.98 Å². The number of anilines is 2. The van der Waals surface area contributed by atoms with Crippen LogP contribution in [0, 0.1) is 6.92 Å². The highest BCUT2D eigenvalue weighted by Crippen LogP contribution is 2.24. The van der Waals surface area contributed by atoms with Crippen molar-refractivity contribution in [1.82, 2.24) is 4.98 Å². The van der Waals surface area contributed by atoms with Gasteiger partial charge in [0.05, 0.1) is 19.1 Å². The number of nitrogens with two attached hydrogens (primary N) is 1. The van der Waals surface area contributed by atoms with Crippen molar-refractivity contribution in [2.45, 2.75) is 13.5 Å². The van der Waals surface area contributed by atoms with Gasteiger partial charge in [-0.05, 0) is 19.1 Å². The summed E-state index contributed by atoms with van der Waals surface area (Å²) < 4.78 is 10.4. The van der Waals surface area contributed by atoms with E-state index < -0.39 is 0 Å². The fourth-order valence-electron chi connectivity index (χ4n) is 1.77. The van der Waals surface area contributed by atoms with E-state index in [1.165, 1.54) is 0 Å². The number of aromatic nitrogens is 1. The van der Waals surface area contributed by atoms with E-state index in [0.717, 1.165) is 11.3 Å². The van der Waals surface area contributed by atoms with Gasteiger partial charge in [-0.25, -0.2) is 0 Å². The topological polar surface area (TPSA) is 64.5 Å². The number of methoxy groups -OCH3 is 1. The zero-order valence-corrected chi connectivity index (χ0v) is 10.8. The minimum absolute atomic E-state index is 0.551. The van der Waals surface area contributed by atoms with Crippen molar-refractivity contribution >= 4 is 11.5 Å². The minimum atomic E-state index is 0.551. The second kappa shape index (κ2) is 5.00. The highest BCUT2D eigenvalue weighted by Gasteiger charge is 2.11. The van der Waals surface area contributed by atoms with Gasteiger partial charge < -0.3 is 19.8 Å². The summed E-state index contributed by atoms with van der Waals surface area (Å²) in [6, 6.07) is 5.48. The Morgan fingerprint density at radius 3 is 2.78 bits per heavy atom. The van der Waals surface area contributed by atoms with Gasteiger partial charge in [-0.3, -0.25) is 0 Å². The SMILES string of the molecule is COc1ccc(N)c(N(C)Cc2ccoc2C)n1. The van der Waals surface area contributed by atoms with Gasteiger partial charge in [-0.2, -0.15) is 4.98 Å². The zero-order chi connectivity index (χ0) is 13.1. The molecule has 0 fully saturated rings. The van der Waals surface area contributed by atoms with Crippen LogP contribution in [0.25, 0.3) is 0 Å². The molecule has 2 aromatic heterocycles. The summed E-state index contributed by atoms with van der Waals surface area (Å²) in [6.45, 7) is 2.62. The van der Waals surface area contributed by atoms with Crippen LogP contribution in [-0.2, 0) is 6.54 Å². The number of furan rings is 1. The fraction of sp³-hybridized carbons (Fsp3) is 0.308. The van der Waals surface area contributed by atoms with Gasteiger partial charge in [0, 0.05) is 25.2 Å². The first-order chi connectivity index (χ1) is 8.61. The number of ether oxygens (including phenoxy) is 1. The Bertz CT molecular complexity index is 537. The van der Waals surface area contributed by atoms with Crippen LogP contribution in [0.3, 0.4) is 0 Å². The van der Waals surface area contributed by atoms with Crippen LogP contribution in [0.2, 0.25) is 0 Å². The standard InChI is InChI=1S/C13H17N3O2/c1-9-10(6-7-18-9)8-16(2)13-11(14)4-5-12(15-13)17-3/h4-7H,8,14H2,1-3H3. The van der Waals surface area contributed by atoms with E-state index >= 15 is 0 Å². The first-order valence-electron chi connectivity index (χ1n) is 5.66. The monoisotopic (exact) mass is 247 g/mol. The molecule has 0 spiro atoms. The molecule has 5 nitrogen and oxygen atoms in total. The highest BCUT2D eigenvalue weighted by atomic mass is 16.5. The predicted octanol–water partition coefficient (Wildman–Crippen LogP) is 2.21. The Balaban J connectivity index is 2.23. The third kappa shape index (κ3) is 2.40. The second-order valence-corrected chi connectivity index (χ2v) is 4.12. The molecule has 0 aliphatic heterocycles. The van der Waals surface area contributed by atoms with Crippen molar-refractivity contribution in [2.24, 2.45) is 0 Å². The molecule has 2 heterocycles. The summed E-state index contributed by atoms with van der Waals surface area (Å²) in [5.41, 5.74) is 7.67. The van der Waals surface area contributed by atoms with Crippen LogP contribution < -0.4 is 15.4 Å². The average molecular weight is 247 g/mol. The molecule has 0 bridgehead atoms. The number of aryl methyl sites for hydroxylation is 1. The molecule has 0 aliphatic carbocycles. The van der Waals surface area contributed by atoms with E-state index in [9.17, 15) is 0 Å². The lowest BCUT2D eigenvalue weighted by Gasteiger charge is -2.20. The van der Waals surface area contributed by atoms with Crippen molar-refractivity contribution in [2.75, 3.05) is 24.8 Å². The lowest BCUT2D eigenvalue weighted by atomic mass is 10.2. The van der Waals surface area contributed by atoms with E-state index in [0.29, 0.717) is 23.9 Å². The molecule has 0 saturated heterocycles. The molecule has 96 valence electrons. The zero-order valence-electron chi connectivity index (χ0n) is 10.8. The van der Waals surface area contributed by atoms with Gasteiger partial charge in [-0.1, -0.05) is 0 Å². The Hall–Kier alpha value is -2.17.